The molecule has 19 heavy (non-hydrogen) atoms. The molecule has 1 saturated carbocycles. The Kier molecular flexibility index (Phi) is 4.36. The third-order valence-corrected chi connectivity index (χ3v) is 5.20. The minimum atomic E-state index is -0.690. The number of benzene rings is 1. The first kappa shape index (κ1) is 15.0. The second-order valence-electron chi connectivity index (χ2n) is 6.63. The molecule has 1 aromatic rings. The summed E-state index contributed by atoms with van der Waals surface area (Å²) in [7, 11) is 0. The van der Waals surface area contributed by atoms with E-state index in [1.807, 2.05) is 6.07 Å². The van der Waals surface area contributed by atoms with Crippen molar-refractivity contribution in [2.45, 2.75) is 58.0 Å². The molecule has 3 heteroatoms. The highest BCUT2D eigenvalue weighted by molar-refractivity contribution is 9.10. The molecular weight excluding hydrogens is 307 g/mol. The van der Waals surface area contributed by atoms with Crippen LogP contribution in [0, 0.1) is 11.2 Å². The second-order valence-corrected chi connectivity index (χ2v) is 7.42. The zero-order chi connectivity index (χ0) is 14.1. The molecule has 1 aliphatic carbocycles. The Balaban J connectivity index is 2.15. The van der Waals surface area contributed by atoms with E-state index in [1.165, 1.54) is 6.07 Å². The number of aliphatic hydroxyl groups is 1. The van der Waals surface area contributed by atoms with Crippen LogP contribution >= 0.6 is 15.9 Å². The summed E-state index contributed by atoms with van der Waals surface area (Å²) in [6, 6.07) is 5.04. The SMILES string of the molecule is CC1(C)CCCC(O)(Cc2cccc(F)c2Br)CC1. The molecule has 1 aromatic carbocycles. The summed E-state index contributed by atoms with van der Waals surface area (Å²) in [6.45, 7) is 4.52. The predicted molar refractivity (Wildman–Crippen MR) is 79.6 cm³/mol. The maximum Gasteiger partial charge on any atom is 0.137 e. The Hall–Kier alpha value is -0.410. The lowest BCUT2D eigenvalue weighted by Crippen LogP contribution is -2.31. The highest BCUT2D eigenvalue weighted by Crippen LogP contribution is 2.40. The second kappa shape index (κ2) is 5.53. The van der Waals surface area contributed by atoms with Crippen molar-refractivity contribution in [2.24, 2.45) is 5.41 Å². The molecule has 1 atom stereocenters. The van der Waals surface area contributed by atoms with Crippen LogP contribution in [-0.2, 0) is 6.42 Å². The Morgan fingerprint density at radius 1 is 1.21 bits per heavy atom. The fourth-order valence-electron chi connectivity index (χ4n) is 2.93. The van der Waals surface area contributed by atoms with Crippen LogP contribution < -0.4 is 0 Å². The lowest BCUT2D eigenvalue weighted by Gasteiger charge is -2.28. The van der Waals surface area contributed by atoms with Gasteiger partial charge in [0.25, 0.3) is 0 Å². The molecular formula is C16H22BrFO. The summed E-state index contributed by atoms with van der Waals surface area (Å²) in [5.74, 6) is -0.255. The third-order valence-electron chi connectivity index (χ3n) is 4.31. The predicted octanol–water partition coefficient (Wildman–Crippen LogP) is 4.85. The molecule has 1 fully saturated rings. The normalized spacial score (nSPS) is 27.0. The van der Waals surface area contributed by atoms with Crippen LogP contribution in [0.25, 0.3) is 0 Å². The van der Waals surface area contributed by atoms with Crippen molar-refractivity contribution in [3.63, 3.8) is 0 Å². The minimum absolute atomic E-state index is 0.255. The van der Waals surface area contributed by atoms with E-state index in [0.717, 1.165) is 37.7 Å². The van der Waals surface area contributed by atoms with Crippen molar-refractivity contribution in [1.29, 1.82) is 0 Å². The van der Waals surface area contributed by atoms with Crippen molar-refractivity contribution < 1.29 is 9.50 Å². The number of rotatable bonds is 2. The Morgan fingerprint density at radius 3 is 2.68 bits per heavy atom. The standard InChI is InChI=1S/C16H22BrFO/c1-15(2)7-4-8-16(19,10-9-15)11-12-5-3-6-13(18)14(12)17/h3,5-6,19H,4,7-11H2,1-2H3. The molecule has 1 unspecified atom stereocenters. The van der Waals surface area contributed by atoms with Crippen LogP contribution in [-0.4, -0.2) is 10.7 Å². The molecule has 0 bridgehead atoms. The molecule has 0 aliphatic heterocycles. The summed E-state index contributed by atoms with van der Waals surface area (Å²) in [5, 5.41) is 10.8. The Labute approximate surface area is 123 Å². The monoisotopic (exact) mass is 328 g/mol. The van der Waals surface area contributed by atoms with Gasteiger partial charge < -0.3 is 5.11 Å². The maximum atomic E-state index is 13.5. The van der Waals surface area contributed by atoms with Crippen molar-refractivity contribution in [2.75, 3.05) is 0 Å². The topological polar surface area (TPSA) is 20.2 Å². The molecule has 0 aromatic heterocycles. The lowest BCUT2D eigenvalue weighted by atomic mass is 9.83. The maximum absolute atomic E-state index is 13.5. The molecule has 0 saturated heterocycles. The minimum Gasteiger partial charge on any atom is -0.390 e. The molecule has 106 valence electrons. The highest BCUT2D eigenvalue weighted by atomic mass is 79.9. The third kappa shape index (κ3) is 3.79. The van der Waals surface area contributed by atoms with Gasteiger partial charge in [-0.05, 0) is 58.7 Å². The van der Waals surface area contributed by atoms with Gasteiger partial charge in [0.15, 0.2) is 0 Å². The first-order valence-corrected chi connectivity index (χ1v) is 7.76. The van der Waals surface area contributed by atoms with E-state index in [9.17, 15) is 9.50 Å². The van der Waals surface area contributed by atoms with E-state index in [-0.39, 0.29) is 5.82 Å². The van der Waals surface area contributed by atoms with Crippen molar-refractivity contribution in [1.82, 2.24) is 0 Å². The lowest BCUT2D eigenvalue weighted by molar-refractivity contribution is 0.0224. The van der Waals surface area contributed by atoms with E-state index < -0.39 is 5.60 Å². The summed E-state index contributed by atoms with van der Waals surface area (Å²) in [6.07, 6.45) is 5.34. The fourth-order valence-corrected chi connectivity index (χ4v) is 3.34. The van der Waals surface area contributed by atoms with Gasteiger partial charge in [0.2, 0.25) is 0 Å². The summed E-state index contributed by atoms with van der Waals surface area (Å²) < 4.78 is 14.0. The van der Waals surface area contributed by atoms with Crippen LogP contribution in [0.4, 0.5) is 4.39 Å². The summed E-state index contributed by atoms with van der Waals surface area (Å²) >= 11 is 3.29. The van der Waals surface area contributed by atoms with Gasteiger partial charge in [-0.15, -0.1) is 0 Å². The molecule has 1 aliphatic rings. The van der Waals surface area contributed by atoms with E-state index in [0.29, 0.717) is 16.3 Å². The van der Waals surface area contributed by atoms with Gasteiger partial charge >= 0.3 is 0 Å². The van der Waals surface area contributed by atoms with Gasteiger partial charge in [0.05, 0.1) is 10.1 Å². The smallest absolute Gasteiger partial charge is 0.137 e. The van der Waals surface area contributed by atoms with E-state index in [1.54, 1.807) is 6.07 Å². The summed E-state index contributed by atoms with van der Waals surface area (Å²) in [5.41, 5.74) is 0.482. The van der Waals surface area contributed by atoms with Crippen LogP contribution in [0.3, 0.4) is 0 Å². The molecule has 0 spiro atoms. The van der Waals surface area contributed by atoms with E-state index in [2.05, 4.69) is 29.8 Å². The molecule has 0 radical (unpaired) electrons. The largest absolute Gasteiger partial charge is 0.390 e. The van der Waals surface area contributed by atoms with Gasteiger partial charge in [0, 0.05) is 6.42 Å². The molecule has 1 N–H and O–H groups in total. The fraction of sp³-hybridized carbons (Fsp3) is 0.625. The van der Waals surface area contributed by atoms with E-state index in [4.69, 9.17) is 0 Å². The molecule has 0 amide bonds. The molecule has 1 nitrogen and oxygen atoms in total. The van der Waals surface area contributed by atoms with Crippen molar-refractivity contribution in [3.05, 3.63) is 34.1 Å². The number of hydrogen-bond acceptors (Lipinski definition) is 1. The van der Waals surface area contributed by atoms with Gasteiger partial charge in [-0.25, -0.2) is 4.39 Å². The van der Waals surface area contributed by atoms with Crippen molar-refractivity contribution >= 4 is 15.9 Å². The molecule has 2 rings (SSSR count). The summed E-state index contributed by atoms with van der Waals surface area (Å²) in [4.78, 5) is 0. The van der Waals surface area contributed by atoms with Gasteiger partial charge in [0.1, 0.15) is 5.82 Å². The average Bonchev–Trinajstić information content (AvgIpc) is 2.45. The van der Waals surface area contributed by atoms with Crippen molar-refractivity contribution in [3.8, 4) is 0 Å². The van der Waals surface area contributed by atoms with Crippen LogP contribution in [0.15, 0.2) is 22.7 Å². The number of hydrogen-bond donors (Lipinski definition) is 1. The van der Waals surface area contributed by atoms with Gasteiger partial charge in [-0.1, -0.05) is 32.4 Å². The van der Waals surface area contributed by atoms with Crippen LogP contribution in [0.5, 0.6) is 0 Å². The first-order valence-electron chi connectivity index (χ1n) is 6.97. The zero-order valence-corrected chi connectivity index (χ0v) is 13.3. The highest BCUT2D eigenvalue weighted by Gasteiger charge is 2.34. The Bertz CT molecular complexity index is 458. The Morgan fingerprint density at radius 2 is 1.95 bits per heavy atom. The number of halogens is 2. The van der Waals surface area contributed by atoms with E-state index >= 15 is 0 Å². The first-order chi connectivity index (χ1) is 8.81. The quantitative estimate of drug-likeness (QED) is 0.769. The zero-order valence-electron chi connectivity index (χ0n) is 11.7. The van der Waals surface area contributed by atoms with Gasteiger partial charge in [-0.3, -0.25) is 0 Å². The van der Waals surface area contributed by atoms with Crippen LogP contribution in [0.2, 0.25) is 0 Å². The van der Waals surface area contributed by atoms with Crippen LogP contribution in [0.1, 0.15) is 51.5 Å². The average molecular weight is 329 g/mol. The van der Waals surface area contributed by atoms with Gasteiger partial charge in [-0.2, -0.15) is 0 Å². The molecule has 0 heterocycles.